The van der Waals surface area contributed by atoms with Crippen LogP contribution in [-0.2, 0) is 9.59 Å². The SMILES string of the molecule is C=CC[C@H]1CC[C@@H](c2ccc(Cl)cc2)N(CC=O)C1=O. The summed E-state index contributed by atoms with van der Waals surface area (Å²) in [5, 5.41) is 0.669. The molecule has 4 heteroatoms. The van der Waals surface area contributed by atoms with Crippen LogP contribution in [0.5, 0.6) is 0 Å². The van der Waals surface area contributed by atoms with E-state index in [9.17, 15) is 9.59 Å². The number of allylic oxidation sites excluding steroid dienone is 1. The zero-order chi connectivity index (χ0) is 14.5. The molecule has 1 saturated heterocycles. The van der Waals surface area contributed by atoms with Crippen molar-refractivity contribution in [2.45, 2.75) is 25.3 Å². The third kappa shape index (κ3) is 3.10. The van der Waals surface area contributed by atoms with Crippen molar-refractivity contribution in [3.63, 3.8) is 0 Å². The van der Waals surface area contributed by atoms with Gasteiger partial charge in [0, 0.05) is 10.9 Å². The molecular formula is C16H18ClNO2. The Hall–Kier alpha value is -1.61. The summed E-state index contributed by atoms with van der Waals surface area (Å²) in [4.78, 5) is 25.0. The third-order valence-electron chi connectivity index (χ3n) is 3.77. The first-order valence-electron chi connectivity index (χ1n) is 6.78. The van der Waals surface area contributed by atoms with Crippen molar-refractivity contribution in [3.8, 4) is 0 Å². The number of likely N-dealkylation sites (tertiary alicyclic amines) is 1. The molecule has 0 bridgehead atoms. The maximum atomic E-state index is 12.4. The largest absolute Gasteiger partial charge is 0.328 e. The number of piperidine rings is 1. The van der Waals surface area contributed by atoms with Crippen LogP contribution in [-0.4, -0.2) is 23.6 Å². The summed E-state index contributed by atoms with van der Waals surface area (Å²) in [5.74, 6) is -0.000741. The van der Waals surface area contributed by atoms with Gasteiger partial charge in [-0.1, -0.05) is 29.8 Å². The van der Waals surface area contributed by atoms with Gasteiger partial charge in [-0.15, -0.1) is 6.58 Å². The van der Waals surface area contributed by atoms with Crippen LogP contribution in [0.1, 0.15) is 30.9 Å². The van der Waals surface area contributed by atoms with Gasteiger partial charge in [-0.3, -0.25) is 4.79 Å². The van der Waals surface area contributed by atoms with E-state index in [1.807, 2.05) is 24.3 Å². The predicted octanol–water partition coefficient (Wildman–Crippen LogP) is 3.39. The maximum absolute atomic E-state index is 12.4. The zero-order valence-electron chi connectivity index (χ0n) is 11.3. The summed E-state index contributed by atoms with van der Waals surface area (Å²) in [6.07, 6.45) is 4.91. The fraction of sp³-hybridized carbons (Fsp3) is 0.375. The average molecular weight is 292 g/mol. The Morgan fingerprint density at radius 1 is 1.30 bits per heavy atom. The lowest BCUT2D eigenvalue weighted by Gasteiger charge is -2.38. The van der Waals surface area contributed by atoms with E-state index >= 15 is 0 Å². The van der Waals surface area contributed by atoms with Gasteiger partial charge in [-0.05, 0) is 37.0 Å². The summed E-state index contributed by atoms with van der Waals surface area (Å²) in [6, 6.07) is 7.44. The Labute approximate surface area is 124 Å². The van der Waals surface area contributed by atoms with Crippen LogP contribution >= 0.6 is 11.6 Å². The van der Waals surface area contributed by atoms with Gasteiger partial charge in [0.25, 0.3) is 0 Å². The van der Waals surface area contributed by atoms with Gasteiger partial charge in [0.05, 0.1) is 12.6 Å². The fourth-order valence-corrected chi connectivity index (χ4v) is 2.90. The van der Waals surface area contributed by atoms with Crippen LogP contribution in [0.2, 0.25) is 5.02 Å². The first-order chi connectivity index (χ1) is 9.67. The van der Waals surface area contributed by atoms with Gasteiger partial charge in [0.2, 0.25) is 5.91 Å². The predicted molar refractivity (Wildman–Crippen MR) is 79.5 cm³/mol. The van der Waals surface area contributed by atoms with Crippen LogP contribution in [0, 0.1) is 5.92 Å². The Morgan fingerprint density at radius 3 is 2.60 bits per heavy atom. The van der Waals surface area contributed by atoms with Crippen molar-refractivity contribution in [2.24, 2.45) is 5.92 Å². The van der Waals surface area contributed by atoms with E-state index in [-0.39, 0.29) is 24.4 Å². The lowest BCUT2D eigenvalue weighted by Crippen LogP contribution is -2.44. The zero-order valence-corrected chi connectivity index (χ0v) is 12.1. The highest BCUT2D eigenvalue weighted by molar-refractivity contribution is 6.30. The molecule has 106 valence electrons. The second-order valence-corrected chi connectivity index (χ2v) is 5.46. The lowest BCUT2D eigenvalue weighted by molar-refractivity contribution is -0.143. The first kappa shape index (κ1) is 14.8. The molecule has 1 aromatic rings. The number of halogens is 1. The molecule has 0 aromatic heterocycles. The number of aldehydes is 1. The number of carbonyl (C=O) groups is 2. The van der Waals surface area contributed by atoms with E-state index in [2.05, 4.69) is 6.58 Å². The monoisotopic (exact) mass is 291 g/mol. The highest BCUT2D eigenvalue weighted by Gasteiger charge is 2.34. The molecule has 20 heavy (non-hydrogen) atoms. The van der Waals surface area contributed by atoms with E-state index in [1.54, 1.807) is 11.0 Å². The van der Waals surface area contributed by atoms with Crippen molar-refractivity contribution in [2.75, 3.05) is 6.54 Å². The topological polar surface area (TPSA) is 37.4 Å². The van der Waals surface area contributed by atoms with E-state index in [0.717, 1.165) is 24.7 Å². The molecule has 1 amide bonds. The second kappa shape index (κ2) is 6.71. The molecule has 0 radical (unpaired) electrons. The number of amides is 1. The van der Waals surface area contributed by atoms with E-state index in [0.29, 0.717) is 11.4 Å². The Bertz CT molecular complexity index is 498. The first-order valence-corrected chi connectivity index (χ1v) is 7.15. The molecule has 0 saturated carbocycles. The molecule has 0 unspecified atom stereocenters. The molecule has 1 fully saturated rings. The molecule has 0 spiro atoms. The van der Waals surface area contributed by atoms with Crippen LogP contribution in [0.15, 0.2) is 36.9 Å². The van der Waals surface area contributed by atoms with E-state index in [1.165, 1.54) is 0 Å². The van der Waals surface area contributed by atoms with Crippen molar-refractivity contribution in [3.05, 3.63) is 47.5 Å². The molecule has 1 aliphatic heterocycles. The number of hydrogen-bond donors (Lipinski definition) is 0. The fourth-order valence-electron chi connectivity index (χ4n) is 2.78. The summed E-state index contributed by atoms with van der Waals surface area (Å²) in [7, 11) is 0. The third-order valence-corrected chi connectivity index (χ3v) is 4.03. The van der Waals surface area contributed by atoms with Crippen LogP contribution in [0.4, 0.5) is 0 Å². The van der Waals surface area contributed by atoms with Crippen molar-refractivity contribution >= 4 is 23.8 Å². The van der Waals surface area contributed by atoms with Crippen LogP contribution in [0.25, 0.3) is 0 Å². The van der Waals surface area contributed by atoms with Gasteiger partial charge in [-0.25, -0.2) is 0 Å². The van der Waals surface area contributed by atoms with E-state index in [4.69, 9.17) is 11.6 Å². The Kier molecular flexibility index (Phi) is 4.96. The summed E-state index contributed by atoms with van der Waals surface area (Å²) in [5.41, 5.74) is 1.03. The minimum Gasteiger partial charge on any atom is -0.328 e. The number of carbonyl (C=O) groups excluding carboxylic acids is 2. The molecule has 3 nitrogen and oxygen atoms in total. The molecule has 1 heterocycles. The molecule has 2 rings (SSSR count). The summed E-state index contributed by atoms with van der Waals surface area (Å²) < 4.78 is 0. The minimum atomic E-state index is -0.0454. The lowest BCUT2D eigenvalue weighted by atomic mass is 9.86. The van der Waals surface area contributed by atoms with Crippen molar-refractivity contribution in [1.82, 2.24) is 4.90 Å². The van der Waals surface area contributed by atoms with Crippen LogP contribution in [0.3, 0.4) is 0 Å². The highest BCUT2D eigenvalue weighted by atomic mass is 35.5. The Morgan fingerprint density at radius 2 is 2.00 bits per heavy atom. The molecule has 0 N–H and O–H groups in total. The smallest absolute Gasteiger partial charge is 0.226 e. The van der Waals surface area contributed by atoms with Gasteiger partial charge < -0.3 is 9.69 Å². The minimum absolute atomic E-state index is 0.0361. The number of nitrogens with zero attached hydrogens (tertiary/aromatic N) is 1. The summed E-state index contributed by atoms with van der Waals surface area (Å²) in [6.45, 7) is 3.83. The number of rotatable bonds is 5. The molecule has 1 aliphatic rings. The van der Waals surface area contributed by atoms with Gasteiger partial charge in [0.15, 0.2) is 0 Å². The van der Waals surface area contributed by atoms with Gasteiger partial charge in [-0.2, -0.15) is 0 Å². The summed E-state index contributed by atoms with van der Waals surface area (Å²) >= 11 is 5.89. The normalized spacial score (nSPS) is 22.6. The molecule has 0 aliphatic carbocycles. The van der Waals surface area contributed by atoms with Gasteiger partial charge in [0.1, 0.15) is 6.29 Å². The molecule has 1 aromatic carbocycles. The highest BCUT2D eigenvalue weighted by Crippen LogP contribution is 2.35. The number of hydrogen-bond acceptors (Lipinski definition) is 2. The van der Waals surface area contributed by atoms with Crippen LogP contribution < -0.4 is 0 Å². The Balaban J connectivity index is 2.23. The van der Waals surface area contributed by atoms with Crippen molar-refractivity contribution < 1.29 is 9.59 Å². The molecule has 2 atom stereocenters. The average Bonchev–Trinajstić information content (AvgIpc) is 2.45. The second-order valence-electron chi connectivity index (χ2n) is 5.02. The van der Waals surface area contributed by atoms with Gasteiger partial charge >= 0.3 is 0 Å². The quantitative estimate of drug-likeness (QED) is 0.616. The van der Waals surface area contributed by atoms with Crippen molar-refractivity contribution in [1.29, 1.82) is 0 Å². The standard InChI is InChI=1S/C16H18ClNO2/c1-2-3-13-6-9-15(18(10-11-19)16(13)20)12-4-7-14(17)8-5-12/h2,4-5,7-8,11,13,15H,1,3,6,9-10H2/t13-,15-/m0/s1. The number of benzene rings is 1. The molecular weight excluding hydrogens is 274 g/mol. The maximum Gasteiger partial charge on any atom is 0.226 e. The van der Waals surface area contributed by atoms with E-state index < -0.39 is 0 Å².